The fourth-order valence-corrected chi connectivity index (χ4v) is 2.52. The van der Waals surface area contributed by atoms with Crippen molar-refractivity contribution in [3.63, 3.8) is 0 Å². The van der Waals surface area contributed by atoms with E-state index < -0.39 is 0 Å². The molecule has 0 saturated carbocycles. The second-order valence-corrected chi connectivity index (χ2v) is 5.30. The molecule has 1 amide bonds. The first-order chi connectivity index (χ1) is 10.1. The first-order valence-corrected chi connectivity index (χ1v) is 6.98. The molecule has 5 heteroatoms. The number of rotatable bonds is 3. The van der Waals surface area contributed by atoms with Gasteiger partial charge in [-0.05, 0) is 36.8 Å². The molecular weight excluding hydrogens is 286 g/mol. The molecule has 0 fully saturated rings. The molecule has 0 spiro atoms. The molecule has 3 rings (SSSR count). The van der Waals surface area contributed by atoms with Gasteiger partial charge in [0.05, 0.1) is 12.6 Å². The molecule has 4 nitrogen and oxygen atoms in total. The van der Waals surface area contributed by atoms with Crippen LogP contribution in [0.25, 0.3) is 5.65 Å². The summed E-state index contributed by atoms with van der Waals surface area (Å²) in [5, 5.41) is 3.52. The van der Waals surface area contributed by atoms with Gasteiger partial charge in [0.25, 0.3) is 0 Å². The summed E-state index contributed by atoms with van der Waals surface area (Å²) in [4.78, 5) is 16.4. The number of aromatic nitrogens is 2. The van der Waals surface area contributed by atoms with Gasteiger partial charge in [-0.3, -0.25) is 9.20 Å². The molecule has 106 valence electrons. The maximum Gasteiger partial charge on any atom is 0.229 e. The van der Waals surface area contributed by atoms with Crippen molar-refractivity contribution in [1.29, 1.82) is 0 Å². The third-order valence-electron chi connectivity index (χ3n) is 3.25. The fourth-order valence-electron chi connectivity index (χ4n) is 2.31. The minimum Gasteiger partial charge on any atom is -0.310 e. The Hall–Kier alpha value is -2.33. The molecule has 0 aliphatic rings. The topological polar surface area (TPSA) is 46.4 Å². The molecule has 3 aromatic rings. The highest BCUT2D eigenvalue weighted by Crippen LogP contribution is 2.16. The Morgan fingerprint density at radius 1 is 1.29 bits per heavy atom. The van der Waals surface area contributed by atoms with Gasteiger partial charge in [0.2, 0.25) is 5.91 Å². The Balaban J connectivity index is 1.81. The quantitative estimate of drug-likeness (QED) is 0.805. The number of hydrogen-bond acceptors (Lipinski definition) is 2. The number of anilines is 1. The number of benzene rings is 1. The number of hydrogen-bond donors (Lipinski definition) is 1. The number of carbonyl (C=O) groups excluding carboxylic acids is 1. The minimum absolute atomic E-state index is 0.0951. The van der Waals surface area contributed by atoms with Crippen LogP contribution in [0.1, 0.15) is 11.3 Å². The lowest BCUT2D eigenvalue weighted by Gasteiger charge is -2.07. The van der Waals surface area contributed by atoms with E-state index in [2.05, 4.69) is 10.3 Å². The van der Waals surface area contributed by atoms with E-state index in [1.807, 2.05) is 41.7 Å². The molecule has 0 unspecified atom stereocenters. The molecule has 0 radical (unpaired) electrons. The average Bonchev–Trinajstić information content (AvgIpc) is 2.83. The molecule has 0 aliphatic heterocycles. The molecule has 1 aromatic carbocycles. The predicted molar refractivity (Wildman–Crippen MR) is 83.7 cm³/mol. The maximum absolute atomic E-state index is 12.2. The van der Waals surface area contributed by atoms with E-state index in [0.29, 0.717) is 10.8 Å². The van der Waals surface area contributed by atoms with Gasteiger partial charge in [0.15, 0.2) is 0 Å². The Kier molecular flexibility index (Phi) is 3.62. The van der Waals surface area contributed by atoms with Crippen molar-refractivity contribution < 1.29 is 4.79 Å². The Morgan fingerprint density at radius 3 is 2.90 bits per heavy atom. The number of fused-ring (bicyclic) bond motifs is 1. The molecule has 0 bridgehead atoms. The van der Waals surface area contributed by atoms with Crippen molar-refractivity contribution in [2.75, 3.05) is 5.32 Å². The third kappa shape index (κ3) is 2.90. The van der Waals surface area contributed by atoms with Crippen molar-refractivity contribution >= 4 is 29.0 Å². The molecule has 21 heavy (non-hydrogen) atoms. The zero-order valence-electron chi connectivity index (χ0n) is 11.5. The van der Waals surface area contributed by atoms with E-state index >= 15 is 0 Å². The van der Waals surface area contributed by atoms with E-state index in [1.54, 1.807) is 18.3 Å². The van der Waals surface area contributed by atoms with Gasteiger partial charge in [0, 0.05) is 10.7 Å². The maximum atomic E-state index is 12.2. The Morgan fingerprint density at radius 2 is 2.10 bits per heavy atom. The monoisotopic (exact) mass is 299 g/mol. The van der Waals surface area contributed by atoms with Crippen molar-refractivity contribution in [3.05, 3.63) is 64.9 Å². The number of nitrogens with one attached hydrogen (secondary N) is 1. The van der Waals surface area contributed by atoms with Crippen molar-refractivity contribution in [2.45, 2.75) is 13.3 Å². The van der Waals surface area contributed by atoms with E-state index in [-0.39, 0.29) is 12.3 Å². The summed E-state index contributed by atoms with van der Waals surface area (Å²) in [6, 6.07) is 13.1. The smallest absolute Gasteiger partial charge is 0.229 e. The van der Waals surface area contributed by atoms with Crippen LogP contribution in [-0.4, -0.2) is 15.3 Å². The van der Waals surface area contributed by atoms with Crippen LogP contribution in [0, 0.1) is 6.92 Å². The summed E-state index contributed by atoms with van der Waals surface area (Å²) in [7, 11) is 0. The van der Waals surface area contributed by atoms with Gasteiger partial charge in [-0.25, -0.2) is 4.98 Å². The second-order valence-electron chi connectivity index (χ2n) is 4.86. The van der Waals surface area contributed by atoms with Crippen LogP contribution in [0.4, 0.5) is 5.82 Å². The lowest BCUT2D eigenvalue weighted by molar-refractivity contribution is -0.115. The number of imidazole rings is 1. The summed E-state index contributed by atoms with van der Waals surface area (Å²) in [6.07, 6.45) is 1.94. The lowest BCUT2D eigenvalue weighted by atomic mass is 10.1. The highest BCUT2D eigenvalue weighted by atomic mass is 35.5. The Labute approximate surface area is 127 Å². The Bertz CT molecular complexity index is 810. The summed E-state index contributed by atoms with van der Waals surface area (Å²) < 4.78 is 1.91. The van der Waals surface area contributed by atoms with Gasteiger partial charge in [-0.2, -0.15) is 0 Å². The predicted octanol–water partition coefficient (Wildman–Crippen LogP) is 3.48. The first kappa shape index (κ1) is 13.6. The van der Waals surface area contributed by atoms with E-state index in [1.165, 1.54) is 0 Å². The fraction of sp³-hybridized carbons (Fsp3) is 0.125. The average molecular weight is 300 g/mol. The highest BCUT2D eigenvalue weighted by molar-refractivity contribution is 6.30. The van der Waals surface area contributed by atoms with E-state index in [9.17, 15) is 4.79 Å². The first-order valence-electron chi connectivity index (χ1n) is 6.61. The zero-order valence-corrected chi connectivity index (χ0v) is 12.3. The van der Waals surface area contributed by atoms with E-state index in [0.717, 1.165) is 16.9 Å². The summed E-state index contributed by atoms with van der Waals surface area (Å²) in [5.74, 6) is 0.581. The molecule has 2 aromatic heterocycles. The molecule has 0 aliphatic carbocycles. The minimum atomic E-state index is -0.0951. The number of carbonyl (C=O) groups is 1. The largest absolute Gasteiger partial charge is 0.310 e. The van der Waals surface area contributed by atoms with Crippen LogP contribution in [0.5, 0.6) is 0 Å². The lowest BCUT2D eigenvalue weighted by Crippen LogP contribution is -2.16. The van der Waals surface area contributed by atoms with Crippen molar-refractivity contribution in [2.24, 2.45) is 0 Å². The van der Waals surface area contributed by atoms with Crippen molar-refractivity contribution in [1.82, 2.24) is 9.38 Å². The van der Waals surface area contributed by atoms with Crippen LogP contribution in [0.3, 0.4) is 0 Å². The van der Waals surface area contributed by atoms with Crippen LogP contribution < -0.4 is 5.32 Å². The third-order valence-corrected chi connectivity index (χ3v) is 3.48. The summed E-state index contributed by atoms with van der Waals surface area (Å²) in [6.45, 7) is 1.97. The molecule has 2 heterocycles. The number of amides is 1. The van der Waals surface area contributed by atoms with Crippen LogP contribution >= 0.6 is 11.6 Å². The van der Waals surface area contributed by atoms with Crippen molar-refractivity contribution in [3.8, 4) is 0 Å². The van der Waals surface area contributed by atoms with Gasteiger partial charge in [0.1, 0.15) is 11.5 Å². The zero-order chi connectivity index (χ0) is 14.8. The van der Waals surface area contributed by atoms with E-state index in [4.69, 9.17) is 11.6 Å². The van der Waals surface area contributed by atoms with Crippen LogP contribution in [0.15, 0.2) is 48.7 Å². The highest BCUT2D eigenvalue weighted by Gasteiger charge is 2.09. The van der Waals surface area contributed by atoms with Crippen LogP contribution in [0.2, 0.25) is 5.02 Å². The number of pyridine rings is 1. The summed E-state index contributed by atoms with van der Waals surface area (Å²) >= 11 is 5.92. The second kappa shape index (κ2) is 5.58. The normalized spacial score (nSPS) is 10.8. The van der Waals surface area contributed by atoms with Gasteiger partial charge in [-0.1, -0.05) is 29.8 Å². The molecule has 1 N–H and O–H groups in total. The van der Waals surface area contributed by atoms with Crippen LogP contribution in [-0.2, 0) is 11.2 Å². The van der Waals surface area contributed by atoms with Gasteiger partial charge < -0.3 is 5.32 Å². The summed E-state index contributed by atoms with van der Waals surface area (Å²) in [5.41, 5.74) is 2.71. The molecule has 0 saturated heterocycles. The SMILES string of the molecule is Cc1cccc2ncc(NC(=O)Cc3cccc(Cl)c3)n12. The number of nitrogens with zero attached hydrogens (tertiary/aromatic N) is 2. The van der Waals surface area contributed by atoms with Gasteiger partial charge in [-0.15, -0.1) is 0 Å². The number of halogens is 1. The molecular formula is C16H14ClN3O. The number of aryl methyl sites for hydroxylation is 1. The standard InChI is InChI=1S/C16H14ClN3O/c1-11-4-2-7-14-18-10-15(20(11)14)19-16(21)9-12-5-3-6-13(17)8-12/h2-8,10H,9H2,1H3,(H,19,21). The molecule has 0 atom stereocenters. The van der Waals surface area contributed by atoms with Gasteiger partial charge >= 0.3 is 0 Å².